The number of nitrogens with zero attached hydrogens (tertiary/aromatic N) is 4. The molecule has 172 valence electrons. The van der Waals surface area contributed by atoms with Crippen LogP contribution < -0.4 is 16.6 Å². The number of pyridine rings is 1. The number of hydrogen-bond acceptors (Lipinski definition) is 5. The molecule has 0 aliphatic carbocycles. The van der Waals surface area contributed by atoms with Crippen molar-refractivity contribution in [1.82, 2.24) is 24.6 Å². The van der Waals surface area contributed by atoms with Gasteiger partial charge in [0.15, 0.2) is 0 Å². The zero-order valence-corrected chi connectivity index (χ0v) is 19.3. The Hall–Kier alpha value is -4.33. The van der Waals surface area contributed by atoms with Gasteiger partial charge in [0.25, 0.3) is 11.5 Å². The number of nitrogens with one attached hydrogen (secondary N) is 1. The topological polar surface area (TPSA) is 98.9 Å². The third-order valence-corrected chi connectivity index (χ3v) is 5.39. The molecule has 0 aliphatic heterocycles. The molecule has 0 saturated heterocycles. The van der Waals surface area contributed by atoms with E-state index in [1.54, 1.807) is 36.7 Å². The molecule has 0 spiro atoms. The van der Waals surface area contributed by atoms with Crippen molar-refractivity contribution >= 4 is 5.91 Å². The number of hydrogen-bond donors (Lipinski definition) is 1. The first-order chi connectivity index (χ1) is 16.3. The van der Waals surface area contributed by atoms with E-state index in [9.17, 15) is 14.4 Å². The van der Waals surface area contributed by atoms with E-state index in [4.69, 9.17) is 0 Å². The minimum atomic E-state index is -0.738. The maximum absolute atomic E-state index is 13.4. The summed E-state index contributed by atoms with van der Waals surface area (Å²) < 4.78 is 2.17. The summed E-state index contributed by atoms with van der Waals surface area (Å²) in [4.78, 5) is 43.6. The predicted octanol–water partition coefficient (Wildman–Crippen LogP) is 2.69. The van der Waals surface area contributed by atoms with E-state index in [1.807, 2.05) is 51.1 Å². The minimum Gasteiger partial charge on any atom is -0.346 e. The second kappa shape index (κ2) is 9.66. The summed E-state index contributed by atoms with van der Waals surface area (Å²) in [6, 6.07) is 16.6. The lowest BCUT2D eigenvalue weighted by Gasteiger charge is -2.13. The summed E-state index contributed by atoms with van der Waals surface area (Å²) in [5.41, 5.74) is 3.32. The fraction of sp³-hybridized carbons (Fsp3) is 0.192. The molecule has 2 aromatic carbocycles. The molecule has 0 aliphatic rings. The quantitative estimate of drug-likeness (QED) is 0.482. The maximum Gasteiger partial charge on any atom is 0.352 e. The lowest BCUT2D eigenvalue weighted by atomic mass is 10.1. The zero-order valence-electron chi connectivity index (χ0n) is 19.3. The number of benzene rings is 2. The SMILES string of the molecule is Cc1ccc(Cn2c(=O)c(C(=O)NCc3ccncc3)nn(-c3cc(C)cc(C)c3)c2=O)cc1. The van der Waals surface area contributed by atoms with Crippen LogP contribution in [0, 0.1) is 20.8 Å². The van der Waals surface area contributed by atoms with Crippen LogP contribution in [-0.4, -0.2) is 25.2 Å². The maximum atomic E-state index is 13.4. The van der Waals surface area contributed by atoms with Crippen LogP contribution in [0.25, 0.3) is 5.69 Å². The minimum absolute atomic E-state index is 0.0237. The summed E-state index contributed by atoms with van der Waals surface area (Å²) in [5.74, 6) is -0.655. The van der Waals surface area contributed by atoms with Crippen LogP contribution in [0.5, 0.6) is 0 Å². The lowest BCUT2D eigenvalue weighted by Crippen LogP contribution is -2.46. The zero-order chi connectivity index (χ0) is 24.2. The second-order valence-corrected chi connectivity index (χ2v) is 8.30. The number of aryl methyl sites for hydroxylation is 3. The number of aromatic nitrogens is 4. The Morgan fingerprint density at radius 3 is 2.15 bits per heavy atom. The largest absolute Gasteiger partial charge is 0.352 e. The van der Waals surface area contributed by atoms with Gasteiger partial charge in [-0.05, 0) is 67.3 Å². The molecule has 8 nitrogen and oxygen atoms in total. The summed E-state index contributed by atoms with van der Waals surface area (Å²) in [5, 5.41) is 6.92. The van der Waals surface area contributed by atoms with E-state index in [0.29, 0.717) is 5.69 Å². The van der Waals surface area contributed by atoms with Gasteiger partial charge in [-0.1, -0.05) is 35.9 Å². The van der Waals surface area contributed by atoms with Crippen molar-refractivity contribution in [1.29, 1.82) is 0 Å². The molecule has 4 rings (SSSR count). The van der Waals surface area contributed by atoms with Crippen LogP contribution >= 0.6 is 0 Å². The van der Waals surface area contributed by atoms with Gasteiger partial charge in [-0.15, -0.1) is 0 Å². The third kappa shape index (κ3) is 5.01. The summed E-state index contributed by atoms with van der Waals surface area (Å²) >= 11 is 0. The van der Waals surface area contributed by atoms with Crippen LogP contribution in [0.2, 0.25) is 0 Å². The first-order valence-corrected chi connectivity index (χ1v) is 10.9. The fourth-order valence-corrected chi connectivity index (χ4v) is 3.68. The molecule has 1 amide bonds. The molecule has 8 heteroatoms. The van der Waals surface area contributed by atoms with Crippen molar-refractivity contribution in [2.24, 2.45) is 0 Å². The molecule has 34 heavy (non-hydrogen) atoms. The monoisotopic (exact) mass is 455 g/mol. The van der Waals surface area contributed by atoms with E-state index in [2.05, 4.69) is 15.4 Å². The molecular weight excluding hydrogens is 430 g/mol. The molecule has 0 atom stereocenters. The van der Waals surface area contributed by atoms with Crippen LogP contribution in [0.4, 0.5) is 0 Å². The second-order valence-electron chi connectivity index (χ2n) is 8.30. The highest BCUT2D eigenvalue weighted by atomic mass is 16.2. The molecule has 0 saturated carbocycles. The van der Waals surface area contributed by atoms with Gasteiger partial charge in [0, 0.05) is 18.9 Å². The standard InChI is InChI=1S/C26H25N5O3/c1-17-4-6-21(7-5-17)16-30-25(33)23(24(32)28-15-20-8-10-27-11-9-20)29-31(26(30)34)22-13-18(2)12-19(3)14-22/h4-14H,15-16H2,1-3H3,(H,28,32). The van der Waals surface area contributed by atoms with Crippen molar-refractivity contribution in [3.63, 3.8) is 0 Å². The Kier molecular flexibility index (Phi) is 6.49. The molecule has 4 aromatic rings. The predicted molar refractivity (Wildman–Crippen MR) is 129 cm³/mol. The van der Waals surface area contributed by atoms with Gasteiger partial charge in [0.05, 0.1) is 12.2 Å². The molecular formula is C26H25N5O3. The van der Waals surface area contributed by atoms with E-state index in [1.165, 1.54) is 0 Å². The van der Waals surface area contributed by atoms with Crippen LogP contribution in [0.15, 0.2) is 76.6 Å². The van der Waals surface area contributed by atoms with Crippen molar-refractivity contribution in [3.8, 4) is 5.69 Å². The fourth-order valence-electron chi connectivity index (χ4n) is 3.68. The van der Waals surface area contributed by atoms with Gasteiger partial charge >= 0.3 is 5.69 Å². The highest BCUT2D eigenvalue weighted by molar-refractivity contribution is 5.91. The number of rotatable bonds is 6. The Bertz CT molecular complexity index is 1430. The van der Waals surface area contributed by atoms with E-state index in [-0.39, 0.29) is 18.8 Å². The van der Waals surface area contributed by atoms with Crippen molar-refractivity contribution < 1.29 is 4.79 Å². The number of carbonyl (C=O) groups excluding carboxylic acids is 1. The third-order valence-electron chi connectivity index (χ3n) is 5.39. The Labute approximate surface area is 196 Å². The molecule has 1 N–H and O–H groups in total. The molecule has 0 bridgehead atoms. The molecule has 2 aromatic heterocycles. The number of amides is 1. The average Bonchev–Trinajstić information content (AvgIpc) is 2.81. The van der Waals surface area contributed by atoms with Crippen molar-refractivity contribution in [2.75, 3.05) is 0 Å². The average molecular weight is 456 g/mol. The normalized spacial score (nSPS) is 10.8. The van der Waals surface area contributed by atoms with E-state index >= 15 is 0 Å². The van der Waals surface area contributed by atoms with Crippen LogP contribution in [0.3, 0.4) is 0 Å². The summed E-state index contributed by atoms with van der Waals surface area (Å²) in [6.45, 7) is 6.00. The Balaban J connectivity index is 1.81. The Morgan fingerprint density at radius 1 is 0.853 bits per heavy atom. The first kappa shape index (κ1) is 22.8. The molecule has 0 radical (unpaired) electrons. The smallest absolute Gasteiger partial charge is 0.346 e. The lowest BCUT2D eigenvalue weighted by molar-refractivity contribution is 0.0941. The molecule has 0 fully saturated rings. The van der Waals surface area contributed by atoms with Gasteiger partial charge in [-0.3, -0.25) is 19.1 Å². The highest BCUT2D eigenvalue weighted by Gasteiger charge is 2.20. The van der Waals surface area contributed by atoms with Gasteiger partial charge in [0.1, 0.15) is 0 Å². The van der Waals surface area contributed by atoms with Gasteiger partial charge in [-0.25, -0.2) is 4.79 Å². The summed E-state index contributed by atoms with van der Waals surface area (Å²) in [6.07, 6.45) is 3.24. The molecule has 0 unspecified atom stereocenters. The number of carbonyl (C=O) groups is 1. The van der Waals surface area contributed by atoms with Gasteiger partial charge < -0.3 is 5.32 Å². The first-order valence-electron chi connectivity index (χ1n) is 10.9. The molecule has 2 heterocycles. The van der Waals surface area contributed by atoms with E-state index < -0.39 is 17.2 Å². The van der Waals surface area contributed by atoms with Gasteiger partial charge in [0.2, 0.25) is 5.69 Å². The van der Waals surface area contributed by atoms with Crippen LogP contribution in [0.1, 0.15) is 38.3 Å². The van der Waals surface area contributed by atoms with Crippen LogP contribution in [-0.2, 0) is 13.1 Å². The van der Waals surface area contributed by atoms with Gasteiger partial charge in [-0.2, -0.15) is 9.78 Å². The van der Waals surface area contributed by atoms with Crippen molar-refractivity contribution in [3.05, 3.63) is 121 Å². The van der Waals surface area contributed by atoms with E-state index in [0.717, 1.165) is 37.1 Å². The highest BCUT2D eigenvalue weighted by Crippen LogP contribution is 2.11. The van der Waals surface area contributed by atoms with Crippen molar-refractivity contribution in [2.45, 2.75) is 33.9 Å². The Morgan fingerprint density at radius 2 is 1.50 bits per heavy atom. The summed E-state index contributed by atoms with van der Waals surface area (Å²) in [7, 11) is 0.